The molecule has 0 radical (unpaired) electrons. The van der Waals surface area contributed by atoms with Crippen molar-refractivity contribution in [2.45, 2.75) is 30.2 Å². The minimum Gasteiger partial charge on any atom is -0.369 e. The summed E-state index contributed by atoms with van der Waals surface area (Å²) in [6, 6.07) is 14.2. The maximum Gasteiger partial charge on any atom is 0.457 e. The van der Waals surface area contributed by atoms with E-state index in [9.17, 15) is 44.6 Å². The van der Waals surface area contributed by atoms with E-state index in [0.717, 1.165) is 10.9 Å². The SMILES string of the molecule is N#Cc1ccc(C(O)Nc2cccc(-c3cn(-c4c(Cl)cc(C(F)(C(F)(F)F)C(F)(F)C(F)(F)F)cc4Cl)nn3)c2)cc1. The molecule has 0 aliphatic heterocycles. The molecule has 2 atom stereocenters. The van der Waals surface area contributed by atoms with Crippen LogP contribution in [0.5, 0.6) is 0 Å². The summed E-state index contributed by atoms with van der Waals surface area (Å²) >= 11 is 11.8. The third-order valence-electron chi connectivity index (χ3n) is 6.13. The van der Waals surface area contributed by atoms with Crippen LogP contribution in [0.4, 0.5) is 45.2 Å². The van der Waals surface area contributed by atoms with Gasteiger partial charge in [0.25, 0.3) is 0 Å². The predicted molar refractivity (Wildman–Crippen MR) is 136 cm³/mol. The molecular formula is C26H14Cl2F9N5O. The van der Waals surface area contributed by atoms with Gasteiger partial charge in [-0.15, -0.1) is 5.10 Å². The van der Waals surface area contributed by atoms with Crippen LogP contribution in [-0.4, -0.2) is 38.4 Å². The van der Waals surface area contributed by atoms with Crippen molar-refractivity contribution in [1.82, 2.24) is 15.0 Å². The van der Waals surface area contributed by atoms with Gasteiger partial charge in [0.15, 0.2) is 6.23 Å². The third-order valence-corrected chi connectivity index (χ3v) is 6.71. The zero-order chi connectivity index (χ0) is 32.0. The Hall–Kier alpha value is -4.00. The second-order valence-corrected chi connectivity index (χ2v) is 9.74. The van der Waals surface area contributed by atoms with Crippen molar-refractivity contribution < 1.29 is 44.6 Å². The number of aliphatic hydroxyl groups is 1. The number of anilines is 1. The zero-order valence-electron chi connectivity index (χ0n) is 20.8. The molecule has 4 rings (SSSR count). The molecule has 6 nitrogen and oxygen atoms in total. The molecule has 0 aliphatic carbocycles. The molecule has 226 valence electrons. The Morgan fingerprint density at radius 1 is 0.860 bits per heavy atom. The molecule has 0 saturated carbocycles. The number of alkyl halides is 9. The molecule has 0 saturated heterocycles. The highest BCUT2D eigenvalue weighted by Gasteiger charge is 2.81. The molecule has 0 spiro atoms. The van der Waals surface area contributed by atoms with Gasteiger partial charge in [-0.1, -0.05) is 52.7 Å². The number of aromatic nitrogens is 3. The van der Waals surface area contributed by atoms with Crippen molar-refractivity contribution in [1.29, 1.82) is 5.26 Å². The van der Waals surface area contributed by atoms with Crippen LogP contribution in [0.25, 0.3) is 16.9 Å². The van der Waals surface area contributed by atoms with Gasteiger partial charge in [0.1, 0.15) is 11.4 Å². The summed E-state index contributed by atoms with van der Waals surface area (Å²) < 4.78 is 122. The molecule has 17 heteroatoms. The fourth-order valence-corrected chi connectivity index (χ4v) is 4.62. The number of rotatable bonds is 7. The predicted octanol–water partition coefficient (Wildman–Crippen LogP) is 8.14. The topological polar surface area (TPSA) is 86.8 Å². The Labute approximate surface area is 245 Å². The number of aliphatic hydroxyl groups excluding tert-OH is 1. The molecule has 0 amide bonds. The van der Waals surface area contributed by atoms with Gasteiger partial charge >= 0.3 is 23.9 Å². The van der Waals surface area contributed by atoms with Gasteiger partial charge in [0.05, 0.1) is 27.9 Å². The van der Waals surface area contributed by atoms with E-state index in [1.807, 2.05) is 6.07 Å². The maximum absolute atomic E-state index is 14.9. The summed E-state index contributed by atoms with van der Waals surface area (Å²) in [5.41, 5.74) is -7.20. The monoisotopic (exact) mass is 653 g/mol. The first-order chi connectivity index (χ1) is 19.9. The maximum atomic E-state index is 14.9. The van der Waals surface area contributed by atoms with Crippen LogP contribution in [0.3, 0.4) is 0 Å². The molecule has 43 heavy (non-hydrogen) atoms. The molecule has 2 N–H and O–H groups in total. The van der Waals surface area contributed by atoms with Gasteiger partial charge in [-0.05, 0) is 36.4 Å². The summed E-state index contributed by atoms with van der Waals surface area (Å²) in [5, 5.41) is 27.9. The lowest BCUT2D eigenvalue weighted by Crippen LogP contribution is -2.59. The normalized spacial score (nSPS) is 14.6. The highest BCUT2D eigenvalue weighted by Crippen LogP contribution is 2.59. The fraction of sp³-hybridized carbons (Fsp3) is 0.192. The third kappa shape index (κ3) is 5.82. The fourth-order valence-electron chi connectivity index (χ4n) is 3.96. The Balaban J connectivity index is 1.66. The van der Waals surface area contributed by atoms with E-state index < -0.39 is 51.5 Å². The molecule has 0 fully saturated rings. The van der Waals surface area contributed by atoms with Crippen molar-refractivity contribution in [3.8, 4) is 23.0 Å². The second-order valence-electron chi connectivity index (χ2n) is 8.93. The van der Waals surface area contributed by atoms with Crippen molar-refractivity contribution in [2.75, 3.05) is 5.32 Å². The smallest absolute Gasteiger partial charge is 0.369 e. The van der Waals surface area contributed by atoms with Gasteiger partial charge < -0.3 is 10.4 Å². The molecule has 0 aliphatic rings. The van der Waals surface area contributed by atoms with Crippen LogP contribution in [-0.2, 0) is 5.67 Å². The second kappa shape index (κ2) is 11.3. The lowest BCUT2D eigenvalue weighted by molar-refractivity contribution is -0.389. The summed E-state index contributed by atoms with van der Waals surface area (Å²) in [6.07, 6.45) is -13.7. The van der Waals surface area contributed by atoms with Crippen molar-refractivity contribution in [2.24, 2.45) is 0 Å². The van der Waals surface area contributed by atoms with Gasteiger partial charge in [0.2, 0.25) is 0 Å². The Kier molecular flexibility index (Phi) is 8.35. The number of hydrogen-bond acceptors (Lipinski definition) is 5. The van der Waals surface area contributed by atoms with E-state index in [1.54, 1.807) is 18.2 Å². The highest BCUT2D eigenvalue weighted by molar-refractivity contribution is 6.37. The lowest BCUT2D eigenvalue weighted by Gasteiger charge is -2.36. The zero-order valence-corrected chi connectivity index (χ0v) is 22.3. The summed E-state index contributed by atoms with van der Waals surface area (Å²) in [7, 11) is 0. The minimum absolute atomic E-state index is 0.0493. The van der Waals surface area contributed by atoms with E-state index in [-0.39, 0.29) is 17.8 Å². The van der Waals surface area contributed by atoms with Crippen molar-refractivity contribution >= 4 is 28.9 Å². The summed E-state index contributed by atoms with van der Waals surface area (Å²) in [4.78, 5) is 0. The standard InChI is InChI=1S/C26H14Cl2F9N5O/c27-18-9-16(23(29,25(32,33)34)24(30,31)26(35,36)37)10-19(28)21(18)42-12-20(40-41-42)15-2-1-3-17(8-15)39-22(43)14-6-4-13(11-38)5-7-14/h1-10,12,22,39,43H. The first-order valence-corrected chi connectivity index (χ1v) is 12.3. The van der Waals surface area contributed by atoms with Gasteiger partial charge in [-0.3, -0.25) is 0 Å². The number of halogens is 11. The first-order valence-electron chi connectivity index (χ1n) is 11.6. The number of nitriles is 1. The number of nitrogens with zero attached hydrogens (tertiary/aromatic N) is 4. The van der Waals surface area contributed by atoms with E-state index in [2.05, 4.69) is 15.6 Å². The van der Waals surface area contributed by atoms with Crippen LogP contribution in [0, 0.1) is 11.3 Å². The molecule has 1 heterocycles. The van der Waals surface area contributed by atoms with Gasteiger partial charge in [0, 0.05) is 22.4 Å². The van der Waals surface area contributed by atoms with E-state index >= 15 is 0 Å². The van der Waals surface area contributed by atoms with Crippen molar-refractivity contribution in [3.63, 3.8) is 0 Å². The molecule has 1 aromatic heterocycles. The molecule has 4 aromatic rings. The number of benzene rings is 3. The average Bonchev–Trinajstić information content (AvgIpc) is 3.40. The summed E-state index contributed by atoms with van der Waals surface area (Å²) in [6.45, 7) is 0. The van der Waals surface area contributed by atoms with E-state index in [0.29, 0.717) is 22.4 Å². The molecule has 2 unspecified atom stereocenters. The quantitative estimate of drug-likeness (QED) is 0.155. The van der Waals surface area contributed by atoms with E-state index in [1.165, 1.54) is 30.3 Å². The molecule has 3 aromatic carbocycles. The first kappa shape index (κ1) is 31.9. The number of hydrogen-bond donors (Lipinski definition) is 2. The van der Waals surface area contributed by atoms with Gasteiger partial charge in [-0.25, -0.2) is 9.07 Å². The van der Waals surface area contributed by atoms with Crippen LogP contribution >= 0.6 is 23.2 Å². The van der Waals surface area contributed by atoms with Crippen LogP contribution < -0.4 is 5.32 Å². The Bertz CT molecular complexity index is 1660. The lowest BCUT2D eigenvalue weighted by atomic mass is 9.87. The van der Waals surface area contributed by atoms with E-state index in [4.69, 9.17) is 28.5 Å². The Morgan fingerprint density at radius 2 is 1.47 bits per heavy atom. The highest BCUT2D eigenvalue weighted by atomic mass is 35.5. The number of nitrogens with one attached hydrogen (secondary N) is 1. The molecular weight excluding hydrogens is 640 g/mol. The van der Waals surface area contributed by atoms with Crippen LogP contribution in [0.15, 0.2) is 66.9 Å². The average molecular weight is 654 g/mol. The van der Waals surface area contributed by atoms with Crippen LogP contribution in [0.1, 0.15) is 22.9 Å². The van der Waals surface area contributed by atoms with Crippen molar-refractivity contribution in [3.05, 3.63) is 93.6 Å². The summed E-state index contributed by atoms with van der Waals surface area (Å²) in [5.74, 6) is -6.90. The minimum atomic E-state index is -6.92. The Morgan fingerprint density at radius 3 is 2.00 bits per heavy atom. The van der Waals surface area contributed by atoms with Gasteiger partial charge in [-0.2, -0.15) is 40.4 Å². The van der Waals surface area contributed by atoms with Crippen LogP contribution in [0.2, 0.25) is 10.0 Å². The largest absolute Gasteiger partial charge is 0.457 e. The molecule has 0 bridgehead atoms.